The van der Waals surface area contributed by atoms with Crippen molar-refractivity contribution in [1.29, 1.82) is 0 Å². The predicted molar refractivity (Wildman–Crippen MR) is 114 cm³/mol. The Balaban J connectivity index is 1.68. The van der Waals surface area contributed by atoms with Crippen molar-refractivity contribution in [3.63, 3.8) is 0 Å². The van der Waals surface area contributed by atoms with E-state index in [2.05, 4.69) is 10.6 Å². The molecule has 0 radical (unpaired) electrons. The monoisotopic (exact) mass is 431 g/mol. The molecule has 0 atom stereocenters. The van der Waals surface area contributed by atoms with Gasteiger partial charge in [0.05, 0.1) is 17.7 Å². The zero-order valence-corrected chi connectivity index (χ0v) is 17.7. The van der Waals surface area contributed by atoms with Gasteiger partial charge in [0.2, 0.25) is 21.8 Å². The van der Waals surface area contributed by atoms with Crippen LogP contribution in [0.1, 0.15) is 19.8 Å². The van der Waals surface area contributed by atoms with Crippen LogP contribution in [0.15, 0.2) is 53.4 Å². The van der Waals surface area contributed by atoms with Crippen molar-refractivity contribution in [3.05, 3.63) is 48.5 Å². The second kappa shape index (κ2) is 9.27. The van der Waals surface area contributed by atoms with Gasteiger partial charge in [0, 0.05) is 31.6 Å². The van der Waals surface area contributed by atoms with Crippen LogP contribution in [0.2, 0.25) is 0 Å². The lowest BCUT2D eigenvalue weighted by Crippen LogP contribution is -2.41. The van der Waals surface area contributed by atoms with Gasteiger partial charge in [-0.1, -0.05) is 18.2 Å². The molecule has 2 amide bonds. The van der Waals surface area contributed by atoms with Crippen molar-refractivity contribution in [2.24, 2.45) is 5.92 Å². The van der Waals surface area contributed by atoms with E-state index in [1.165, 1.54) is 36.5 Å². The summed E-state index contributed by atoms with van der Waals surface area (Å²) in [6, 6.07) is 13.5. The fraction of sp³-hybridized carbons (Fsp3) is 0.333. The molecule has 2 N–H and O–H groups in total. The first kappa shape index (κ1) is 21.8. The zero-order chi connectivity index (χ0) is 21.7. The van der Waals surface area contributed by atoms with Crippen LogP contribution in [-0.4, -0.2) is 44.7 Å². The molecule has 0 aromatic heterocycles. The molecule has 30 heavy (non-hydrogen) atoms. The van der Waals surface area contributed by atoms with E-state index in [4.69, 9.17) is 4.74 Å². The number of carbonyl (C=O) groups is 2. The minimum atomic E-state index is -3.76. The van der Waals surface area contributed by atoms with Crippen LogP contribution in [0.4, 0.5) is 11.4 Å². The van der Waals surface area contributed by atoms with E-state index < -0.39 is 10.0 Å². The largest absolute Gasteiger partial charge is 0.495 e. The number of methoxy groups -OCH3 is 1. The Morgan fingerprint density at radius 2 is 1.70 bits per heavy atom. The van der Waals surface area contributed by atoms with Gasteiger partial charge in [-0.15, -0.1) is 0 Å². The van der Waals surface area contributed by atoms with E-state index in [9.17, 15) is 18.0 Å². The first-order valence-electron chi connectivity index (χ1n) is 9.63. The third-order valence-electron chi connectivity index (χ3n) is 4.99. The average molecular weight is 432 g/mol. The molecule has 0 aliphatic carbocycles. The lowest BCUT2D eigenvalue weighted by atomic mass is 9.97. The number of hydrogen-bond acceptors (Lipinski definition) is 5. The van der Waals surface area contributed by atoms with E-state index in [0.29, 0.717) is 24.3 Å². The lowest BCUT2D eigenvalue weighted by molar-refractivity contribution is -0.121. The summed E-state index contributed by atoms with van der Waals surface area (Å²) in [6.07, 6.45) is 0.874. The van der Waals surface area contributed by atoms with Crippen LogP contribution in [0, 0.1) is 5.92 Å². The maximum absolute atomic E-state index is 13.1. The van der Waals surface area contributed by atoms with Crippen molar-refractivity contribution in [1.82, 2.24) is 4.31 Å². The quantitative estimate of drug-likeness (QED) is 0.732. The smallest absolute Gasteiger partial charge is 0.243 e. The van der Waals surface area contributed by atoms with Gasteiger partial charge in [-0.3, -0.25) is 9.59 Å². The standard InChI is InChI=1S/C21H25N3O5S/c1-15(25)22-19-14-18(8-9-20(19)29-2)30(27,28)24-12-10-16(11-13-24)21(26)23-17-6-4-3-5-7-17/h3-9,14,16H,10-13H2,1-2H3,(H,22,25)(H,23,26). The van der Waals surface area contributed by atoms with Gasteiger partial charge in [-0.2, -0.15) is 4.31 Å². The Bertz CT molecular complexity index is 1020. The van der Waals surface area contributed by atoms with Crippen LogP contribution in [0.3, 0.4) is 0 Å². The van der Waals surface area contributed by atoms with Gasteiger partial charge < -0.3 is 15.4 Å². The molecule has 0 spiro atoms. The van der Waals surface area contributed by atoms with Gasteiger partial charge in [-0.05, 0) is 43.2 Å². The SMILES string of the molecule is COc1ccc(S(=O)(=O)N2CCC(C(=O)Nc3ccccc3)CC2)cc1NC(C)=O. The minimum Gasteiger partial charge on any atom is -0.495 e. The highest BCUT2D eigenvalue weighted by atomic mass is 32.2. The number of piperidine rings is 1. The van der Waals surface area contributed by atoms with Gasteiger partial charge in [0.1, 0.15) is 5.75 Å². The fourth-order valence-electron chi connectivity index (χ4n) is 3.41. The number of benzene rings is 2. The molecule has 8 nitrogen and oxygen atoms in total. The highest BCUT2D eigenvalue weighted by Gasteiger charge is 2.32. The molecular weight excluding hydrogens is 406 g/mol. The Labute approximate surface area is 176 Å². The number of hydrogen-bond donors (Lipinski definition) is 2. The van der Waals surface area contributed by atoms with Crippen molar-refractivity contribution >= 4 is 33.2 Å². The first-order chi connectivity index (χ1) is 14.3. The molecule has 160 valence electrons. The molecule has 1 saturated heterocycles. The molecule has 9 heteroatoms. The molecule has 0 unspecified atom stereocenters. The molecule has 1 aliphatic heterocycles. The molecule has 2 aromatic rings. The minimum absolute atomic E-state index is 0.0687. The van der Waals surface area contributed by atoms with Gasteiger partial charge in [-0.25, -0.2) is 8.42 Å². The van der Waals surface area contributed by atoms with Crippen molar-refractivity contribution in [2.45, 2.75) is 24.7 Å². The summed E-state index contributed by atoms with van der Waals surface area (Å²) in [5.41, 5.74) is 1.02. The predicted octanol–water partition coefficient (Wildman–Crippen LogP) is 2.69. The zero-order valence-electron chi connectivity index (χ0n) is 16.9. The number of anilines is 2. The highest BCUT2D eigenvalue weighted by Crippen LogP contribution is 2.31. The van der Waals surface area contributed by atoms with Crippen LogP contribution >= 0.6 is 0 Å². The number of carbonyl (C=O) groups excluding carboxylic acids is 2. The number of nitrogens with one attached hydrogen (secondary N) is 2. The summed E-state index contributed by atoms with van der Waals surface area (Å²) in [6.45, 7) is 1.83. The summed E-state index contributed by atoms with van der Waals surface area (Å²) < 4.78 is 32.7. The molecule has 3 rings (SSSR count). The molecular formula is C21H25N3O5S. The maximum atomic E-state index is 13.1. The third-order valence-corrected chi connectivity index (χ3v) is 6.88. The number of ether oxygens (including phenoxy) is 1. The van der Waals surface area contributed by atoms with Crippen LogP contribution in [-0.2, 0) is 19.6 Å². The van der Waals surface area contributed by atoms with Crippen LogP contribution < -0.4 is 15.4 Å². The van der Waals surface area contributed by atoms with Crippen molar-refractivity contribution < 1.29 is 22.7 Å². The van der Waals surface area contributed by atoms with Crippen molar-refractivity contribution in [3.8, 4) is 5.75 Å². The van der Waals surface area contributed by atoms with Crippen LogP contribution in [0.5, 0.6) is 5.75 Å². The second-order valence-corrected chi connectivity index (χ2v) is 9.01. The van der Waals surface area contributed by atoms with E-state index in [1.54, 1.807) is 0 Å². The number of sulfonamides is 1. The Kier molecular flexibility index (Phi) is 6.73. The van der Waals surface area contributed by atoms with Crippen molar-refractivity contribution in [2.75, 3.05) is 30.8 Å². The fourth-order valence-corrected chi connectivity index (χ4v) is 4.90. The summed E-state index contributed by atoms with van der Waals surface area (Å²) in [5.74, 6) is -0.299. The van der Waals surface area contributed by atoms with E-state index in [1.807, 2.05) is 30.3 Å². The third kappa shape index (κ3) is 4.98. The van der Waals surface area contributed by atoms with Crippen LogP contribution in [0.25, 0.3) is 0 Å². The maximum Gasteiger partial charge on any atom is 0.243 e. The lowest BCUT2D eigenvalue weighted by Gasteiger charge is -2.30. The Hall–Kier alpha value is -2.91. The average Bonchev–Trinajstić information content (AvgIpc) is 2.74. The Morgan fingerprint density at radius 1 is 1.03 bits per heavy atom. The molecule has 1 aliphatic rings. The summed E-state index contributed by atoms with van der Waals surface area (Å²) >= 11 is 0. The summed E-state index contributed by atoms with van der Waals surface area (Å²) in [4.78, 5) is 24.0. The number of amides is 2. The number of rotatable bonds is 6. The summed E-state index contributed by atoms with van der Waals surface area (Å²) in [5, 5.41) is 5.46. The number of nitrogens with zero attached hydrogens (tertiary/aromatic N) is 1. The molecule has 0 saturated carbocycles. The molecule has 1 fully saturated rings. The normalized spacial score (nSPS) is 15.4. The Morgan fingerprint density at radius 3 is 2.30 bits per heavy atom. The summed E-state index contributed by atoms with van der Waals surface area (Å²) in [7, 11) is -2.31. The molecule has 1 heterocycles. The van der Waals surface area contributed by atoms with Gasteiger partial charge >= 0.3 is 0 Å². The highest BCUT2D eigenvalue weighted by molar-refractivity contribution is 7.89. The van der Waals surface area contributed by atoms with E-state index in [-0.39, 0.29) is 35.7 Å². The van der Waals surface area contributed by atoms with Gasteiger partial charge in [0.25, 0.3) is 0 Å². The first-order valence-corrected chi connectivity index (χ1v) is 11.1. The van der Waals surface area contributed by atoms with E-state index in [0.717, 1.165) is 5.69 Å². The van der Waals surface area contributed by atoms with E-state index >= 15 is 0 Å². The molecule has 2 aromatic carbocycles. The van der Waals surface area contributed by atoms with Gasteiger partial charge in [0.15, 0.2) is 0 Å². The molecule has 0 bridgehead atoms. The second-order valence-electron chi connectivity index (χ2n) is 7.08. The number of para-hydroxylation sites is 1. The topological polar surface area (TPSA) is 105 Å².